The molecule has 1 unspecified atom stereocenters. The molecule has 0 bridgehead atoms. The molecule has 3 aromatic rings. The minimum atomic E-state index is -5.05. The van der Waals surface area contributed by atoms with Crippen LogP contribution in [0.5, 0.6) is 11.9 Å². The number of rotatable bonds is 5. The third-order valence-corrected chi connectivity index (χ3v) is 6.10. The molecule has 4 N–H and O–H groups in total. The monoisotopic (exact) mass is 551 g/mol. The zero-order chi connectivity index (χ0) is 28.3. The summed E-state index contributed by atoms with van der Waals surface area (Å²) in [6.45, 7) is 4.16. The van der Waals surface area contributed by atoms with Gasteiger partial charge in [-0.2, -0.15) is 28.4 Å². The summed E-state index contributed by atoms with van der Waals surface area (Å²) in [7, 11) is 0. The van der Waals surface area contributed by atoms with Crippen LogP contribution < -0.4 is 25.8 Å². The Morgan fingerprint density at radius 2 is 1.95 bits per heavy atom. The zero-order valence-electron chi connectivity index (χ0n) is 21.2. The molecule has 1 atom stereocenters. The van der Waals surface area contributed by atoms with Crippen molar-refractivity contribution in [1.82, 2.24) is 20.3 Å². The number of nitrogen functional groups attached to an aromatic ring is 1. The summed E-state index contributed by atoms with van der Waals surface area (Å²) in [6, 6.07) is 2.42. The molecular weight excluding hydrogens is 525 g/mol. The van der Waals surface area contributed by atoms with Crippen molar-refractivity contribution in [2.24, 2.45) is 0 Å². The number of hydrogen-bond acceptors (Lipinski definition) is 9. The quantitative estimate of drug-likeness (QED) is 0.234. The Morgan fingerprint density at radius 1 is 1.18 bits per heavy atom. The van der Waals surface area contributed by atoms with Crippen LogP contribution in [0.2, 0.25) is 0 Å². The Kier molecular flexibility index (Phi) is 8.19. The van der Waals surface area contributed by atoms with Crippen molar-refractivity contribution in [3.8, 4) is 29.2 Å². The highest BCUT2D eigenvalue weighted by atomic mass is 19.4. The molecule has 0 saturated carbocycles. The molecule has 0 radical (unpaired) electrons. The second-order valence-electron chi connectivity index (χ2n) is 8.99. The number of nitrogens with zero attached hydrogens (tertiary/aromatic N) is 4. The Morgan fingerprint density at radius 3 is 2.67 bits per heavy atom. The highest BCUT2D eigenvalue weighted by molar-refractivity contribution is 5.96. The van der Waals surface area contributed by atoms with Crippen LogP contribution in [0.25, 0.3) is 22.2 Å². The maximum atomic E-state index is 16.2. The van der Waals surface area contributed by atoms with Gasteiger partial charge < -0.3 is 25.8 Å². The van der Waals surface area contributed by atoms with Gasteiger partial charge in [-0.3, -0.25) is 0 Å². The fourth-order valence-electron chi connectivity index (χ4n) is 4.21. The number of pyridine rings is 1. The molecule has 0 saturated heterocycles. The first-order chi connectivity index (χ1) is 18.5. The number of nitrogens with two attached hydrogens (primary N) is 1. The summed E-state index contributed by atoms with van der Waals surface area (Å²) in [6.07, 6.45) is -4.45. The van der Waals surface area contributed by atoms with E-state index in [0.29, 0.717) is 38.5 Å². The van der Waals surface area contributed by atoms with E-state index in [1.807, 2.05) is 6.07 Å². The van der Waals surface area contributed by atoms with Gasteiger partial charge in [-0.25, -0.2) is 13.8 Å². The van der Waals surface area contributed by atoms with Crippen LogP contribution >= 0.6 is 0 Å². The summed E-state index contributed by atoms with van der Waals surface area (Å²) in [5.41, 5.74) is 0.919. The lowest BCUT2D eigenvalue weighted by Gasteiger charge is -2.21. The minimum Gasteiger partial charge on any atom is -0.474 e. The van der Waals surface area contributed by atoms with E-state index in [9.17, 15) is 17.6 Å². The highest BCUT2D eigenvalue weighted by Gasteiger charge is 2.39. The molecule has 208 valence electrons. The summed E-state index contributed by atoms with van der Waals surface area (Å²) >= 11 is 0. The lowest BCUT2D eigenvalue weighted by atomic mass is 9.96. The Balaban J connectivity index is 2.02. The van der Waals surface area contributed by atoms with Gasteiger partial charge in [-0.15, -0.1) is 0 Å². The maximum Gasteiger partial charge on any atom is 0.417 e. The Bertz CT molecular complexity index is 1430. The molecule has 0 spiro atoms. The molecule has 4 rings (SSSR count). The smallest absolute Gasteiger partial charge is 0.417 e. The molecular formula is C25H26F5N7O2. The van der Waals surface area contributed by atoms with E-state index >= 15 is 4.39 Å². The van der Waals surface area contributed by atoms with E-state index in [0.717, 1.165) is 6.92 Å². The van der Waals surface area contributed by atoms with Gasteiger partial charge in [-0.1, -0.05) is 0 Å². The number of alkyl halides is 3. The second kappa shape index (κ2) is 11.4. The molecule has 3 heterocycles. The van der Waals surface area contributed by atoms with Crippen LogP contribution in [0.3, 0.4) is 0 Å². The van der Waals surface area contributed by atoms with Crippen LogP contribution in [0.1, 0.15) is 37.3 Å². The van der Waals surface area contributed by atoms with Gasteiger partial charge in [0.15, 0.2) is 5.82 Å². The zero-order valence-corrected chi connectivity index (χ0v) is 21.2. The van der Waals surface area contributed by atoms with Crippen LogP contribution in [0.15, 0.2) is 6.07 Å². The SMILES string of the molecule is Cc1c(F)c(N)cc(-c2nc3c4c(nc(OCCCC#N)nc4c2F)NCCNCCC(C)O3)c1C(F)(F)F. The first-order valence-electron chi connectivity index (χ1n) is 12.2. The largest absolute Gasteiger partial charge is 0.474 e. The fourth-order valence-corrected chi connectivity index (χ4v) is 4.21. The molecule has 1 aromatic carbocycles. The van der Waals surface area contributed by atoms with Crippen LogP contribution in [0, 0.1) is 29.9 Å². The molecule has 0 aliphatic carbocycles. The van der Waals surface area contributed by atoms with Crippen molar-refractivity contribution < 1.29 is 31.4 Å². The third kappa shape index (κ3) is 5.88. The van der Waals surface area contributed by atoms with Gasteiger partial charge in [0.05, 0.1) is 30.0 Å². The van der Waals surface area contributed by atoms with E-state index in [2.05, 4.69) is 25.6 Å². The van der Waals surface area contributed by atoms with Gasteiger partial charge in [0.1, 0.15) is 28.2 Å². The van der Waals surface area contributed by atoms with E-state index < -0.39 is 57.5 Å². The number of nitrogens with one attached hydrogen (secondary N) is 2. The molecule has 0 fully saturated rings. The number of ether oxygens (including phenoxy) is 2. The molecule has 0 amide bonds. The van der Waals surface area contributed by atoms with Crippen molar-refractivity contribution in [2.75, 3.05) is 37.3 Å². The highest BCUT2D eigenvalue weighted by Crippen LogP contribution is 2.44. The number of benzene rings is 1. The summed E-state index contributed by atoms with van der Waals surface area (Å²) < 4.78 is 84.5. The van der Waals surface area contributed by atoms with Gasteiger partial charge >= 0.3 is 12.2 Å². The van der Waals surface area contributed by atoms with E-state index in [1.165, 1.54) is 0 Å². The number of aromatic nitrogens is 3. The molecule has 39 heavy (non-hydrogen) atoms. The van der Waals surface area contributed by atoms with E-state index in [1.54, 1.807) is 6.92 Å². The Hall–Kier alpha value is -3.99. The number of hydrogen-bond donors (Lipinski definition) is 3. The van der Waals surface area contributed by atoms with E-state index in [-0.39, 0.29) is 36.1 Å². The van der Waals surface area contributed by atoms with Crippen LogP contribution in [-0.4, -0.2) is 47.3 Å². The van der Waals surface area contributed by atoms with Gasteiger partial charge in [0.25, 0.3) is 0 Å². The summed E-state index contributed by atoms with van der Waals surface area (Å²) in [5, 5.41) is 15.0. The maximum absolute atomic E-state index is 16.2. The molecule has 9 nitrogen and oxygen atoms in total. The molecule has 2 aromatic heterocycles. The molecule has 14 heteroatoms. The minimum absolute atomic E-state index is 0.00902. The second-order valence-corrected chi connectivity index (χ2v) is 8.99. The van der Waals surface area contributed by atoms with Gasteiger partial charge in [0.2, 0.25) is 5.88 Å². The van der Waals surface area contributed by atoms with Crippen molar-refractivity contribution in [2.45, 2.75) is 45.4 Å². The number of nitriles is 1. The average Bonchev–Trinajstić information content (AvgIpc) is 2.90. The number of anilines is 2. The predicted molar refractivity (Wildman–Crippen MR) is 133 cm³/mol. The normalized spacial score (nSPS) is 16.1. The third-order valence-electron chi connectivity index (χ3n) is 6.10. The van der Waals surface area contributed by atoms with Crippen molar-refractivity contribution >= 4 is 22.4 Å². The average molecular weight is 552 g/mol. The number of unbranched alkanes of at least 4 members (excludes halogenated alkanes) is 1. The van der Waals surface area contributed by atoms with Crippen molar-refractivity contribution in [1.29, 1.82) is 5.26 Å². The first-order valence-corrected chi connectivity index (χ1v) is 12.2. The van der Waals surface area contributed by atoms with Crippen molar-refractivity contribution in [3.63, 3.8) is 0 Å². The molecule has 1 aliphatic rings. The first kappa shape index (κ1) is 28.0. The van der Waals surface area contributed by atoms with Crippen LogP contribution in [0.4, 0.5) is 33.5 Å². The number of halogens is 5. The van der Waals surface area contributed by atoms with Crippen molar-refractivity contribution in [3.05, 3.63) is 28.8 Å². The van der Waals surface area contributed by atoms with E-state index in [4.69, 9.17) is 20.5 Å². The predicted octanol–water partition coefficient (Wildman–Crippen LogP) is 4.73. The summed E-state index contributed by atoms with van der Waals surface area (Å²) in [5.74, 6) is -2.58. The van der Waals surface area contributed by atoms with Crippen LogP contribution in [-0.2, 0) is 6.18 Å². The standard InChI is InChI=1S/C25H26F5N7O2/c1-12-5-7-33-8-9-34-22-16-21(36-24(37-22)38-10-4-3-6-31)19(27)20(35-23(16)39-12)14-11-15(32)18(26)13(2)17(14)25(28,29)30/h11-12,33H,3-5,7-10,32H2,1-2H3,(H,34,36,37). The fraction of sp³-hybridized carbons (Fsp3) is 0.440. The molecule has 1 aliphatic heterocycles. The lowest BCUT2D eigenvalue weighted by molar-refractivity contribution is -0.137. The van der Waals surface area contributed by atoms with Gasteiger partial charge in [-0.05, 0) is 44.9 Å². The lowest BCUT2D eigenvalue weighted by Crippen LogP contribution is -2.26. The summed E-state index contributed by atoms with van der Waals surface area (Å²) in [4.78, 5) is 12.6. The Labute approximate surface area is 220 Å². The topological polar surface area (TPSA) is 131 Å². The van der Waals surface area contributed by atoms with Gasteiger partial charge in [0, 0.05) is 25.1 Å².